The number of hydrogen-bond donors (Lipinski definition) is 1. The number of halogens is 4. The van der Waals surface area contributed by atoms with Gasteiger partial charge in [0.2, 0.25) is 5.28 Å². The van der Waals surface area contributed by atoms with E-state index in [1.165, 1.54) is 6.42 Å². The predicted molar refractivity (Wildman–Crippen MR) is 96.0 cm³/mol. The van der Waals surface area contributed by atoms with Crippen molar-refractivity contribution in [3.05, 3.63) is 26.7 Å². The molecule has 0 atom stereocenters. The van der Waals surface area contributed by atoms with Crippen LogP contribution in [0.25, 0.3) is 10.9 Å². The van der Waals surface area contributed by atoms with Crippen LogP contribution in [0.2, 0.25) is 10.3 Å². The number of anilines is 1. The first-order valence-electron chi connectivity index (χ1n) is 7.26. The first-order chi connectivity index (χ1) is 10.8. The van der Waals surface area contributed by atoms with Crippen LogP contribution < -0.4 is 5.32 Å². The van der Waals surface area contributed by atoms with Crippen molar-refractivity contribution in [2.24, 2.45) is 0 Å². The second-order valence-corrected chi connectivity index (χ2v) is 7.59. The van der Waals surface area contributed by atoms with Gasteiger partial charge in [-0.1, -0.05) is 11.6 Å². The van der Waals surface area contributed by atoms with E-state index in [9.17, 15) is 4.39 Å². The fraction of sp³-hybridized carbons (Fsp3) is 0.467. The minimum absolute atomic E-state index is 0.000588. The highest BCUT2D eigenvalue weighted by Crippen LogP contribution is 2.38. The Bertz CT molecular complexity index is 765. The topological polar surface area (TPSA) is 41.0 Å². The molecule has 4 nitrogen and oxygen atoms in total. The van der Waals surface area contributed by atoms with Gasteiger partial charge in [-0.2, -0.15) is 0 Å². The van der Waals surface area contributed by atoms with Gasteiger partial charge in [0.1, 0.15) is 11.3 Å². The number of nitrogens with zero attached hydrogens (tertiary/aromatic N) is 3. The third-order valence-corrected chi connectivity index (χ3v) is 6.09. The molecule has 1 aliphatic carbocycles. The van der Waals surface area contributed by atoms with Gasteiger partial charge in [-0.05, 0) is 67.0 Å². The zero-order chi connectivity index (χ0) is 16.8. The molecule has 1 aliphatic rings. The Labute approximate surface area is 152 Å². The summed E-state index contributed by atoms with van der Waals surface area (Å²) in [5.74, 6) is -0.0350. The van der Waals surface area contributed by atoms with Gasteiger partial charge in [-0.3, -0.25) is 0 Å². The first kappa shape index (κ1) is 17.1. The van der Waals surface area contributed by atoms with Crippen molar-refractivity contribution in [3.63, 3.8) is 0 Å². The second-order valence-electron chi connectivity index (χ2n) is 6.05. The molecule has 3 rings (SSSR count). The Morgan fingerprint density at radius 1 is 1.35 bits per heavy atom. The highest BCUT2D eigenvalue weighted by molar-refractivity contribution is 9.10. The molecule has 1 aromatic carbocycles. The van der Waals surface area contributed by atoms with Gasteiger partial charge in [0.15, 0.2) is 5.82 Å². The fourth-order valence-corrected chi connectivity index (χ4v) is 3.56. The van der Waals surface area contributed by atoms with Crippen molar-refractivity contribution >= 4 is 55.9 Å². The highest BCUT2D eigenvalue weighted by atomic mass is 79.9. The third-order valence-electron chi connectivity index (χ3n) is 4.62. The Morgan fingerprint density at radius 3 is 2.61 bits per heavy atom. The van der Waals surface area contributed by atoms with Gasteiger partial charge in [-0.25, -0.2) is 14.4 Å². The van der Waals surface area contributed by atoms with Gasteiger partial charge in [0.25, 0.3) is 0 Å². The van der Waals surface area contributed by atoms with E-state index in [4.69, 9.17) is 23.2 Å². The molecule has 1 aromatic heterocycles. The molecule has 23 heavy (non-hydrogen) atoms. The van der Waals surface area contributed by atoms with Crippen LogP contribution in [-0.2, 0) is 0 Å². The molecule has 124 valence electrons. The predicted octanol–water partition coefficient (Wildman–Crippen LogP) is 4.73. The average Bonchev–Trinajstić information content (AvgIpc) is 2.44. The molecule has 0 aliphatic heterocycles. The summed E-state index contributed by atoms with van der Waals surface area (Å²) in [6.07, 6.45) is 3.44. The van der Waals surface area contributed by atoms with E-state index < -0.39 is 5.82 Å². The summed E-state index contributed by atoms with van der Waals surface area (Å²) in [5.41, 5.74) is 0.248. The Hall–Kier alpha value is -0.690. The van der Waals surface area contributed by atoms with Crippen LogP contribution in [-0.4, -0.2) is 41.0 Å². The smallest absolute Gasteiger partial charge is 0.225 e. The van der Waals surface area contributed by atoms with Gasteiger partial charge < -0.3 is 10.2 Å². The van der Waals surface area contributed by atoms with Gasteiger partial charge in [0, 0.05) is 17.5 Å². The molecule has 8 heteroatoms. The molecule has 0 bridgehead atoms. The molecule has 1 fully saturated rings. The fourth-order valence-electron chi connectivity index (χ4n) is 2.90. The number of aromatic nitrogens is 2. The van der Waals surface area contributed by atoms with Crippen LogP contribution in [0.4, 0.5) is 10.2 Å². The SMILES string of the molecule is CN(C)C1(CNc2nc(Cl)nc3c(F)c(Br)c(Cl)cc23)CCC1. The molecule has 1 N–H and O–H groups in total. The van der Waals surface area contributed by atoms with Crippen molar-refractivity contribution in [2.75, 3.05) is 26.0 Å². The number of benzene rings is 1. The van der Waals surface area contributed by atoms with E-state index >= 15 is 0 Å². The number of hydrogen-bond acceptors (Lipinski definition) is 4. The molecule has 1 heterocycles. The zero-order valence-corrected chi connectivity index (χ0v) is 15.9. The van der Waals surface area contributed by atoms with Crippen molar-refractivity contribution in [1.29, 1.82) is 0 Å². The van der Waals surface area contributed by atoms with Gasteiger partial charge in [0.05, 0.1) is 9.50 Å². The molecule has 0 amide bonds. The van der Waals surface area contributed by atoms with Crippen molar-refractivity contribution < 1.29 is 4.39 Å². The molecule has 0 spiro atoms. The van der Waals surface area contributed by atoms with Crippen LogP contribution in [0.5, 0.6) is 0 Å². The lowest BCUT2D eigenvalue weighted by Gasteiger charge is -2.47. The summed E-state index contributed by atoms with van der Waals surface area (Å²) >= 11 is 15.2. The standard InChI is InChI=1S/C15H16BrCl2FN4/c1-23(2)15(4-3-5-15)7-20-13-8-6-9(17)10(16)11(19)12(8)21-14(18)22-13/h6H,3-5,7H2,1-2H3,(H,20,21,22). The van der Waals surface area contributed by atoms with E-state index in [2.05, 4.69) is 50.2 Å². The summed E-state index contributed by atoms with van der Waals surface area (Å²) in [7, 11) is 4.14. The van der Waals surface area contributed by atoms with Crippen LogP contribution >= 0.6 is 39.1 Å². The van der Waals surface area contributed by atoms with Crippen molar-refractivity contribution in [2.45, 2.75) is 24.8 Å². The number of rotatable bonds is 4. The largest absolute Gasteiger partial charge is 0.368 e. The average molecular weight is 422 g/mol. The monoisotopic (exact) mass is 420 g/mol. The summed E-state index contributed by atoms with van der Waals surface area (Å²) in [6.45, 7) is 0.706. The molecular formula is C15H16BrCl2FN4. The van der Waals surface area contributed by atoms with Crippen molar-refractivity contribution in [3.8, 4) is 0 Å². The summed E-state index contributed by atoms with van der Waals surface area (Å²) < 4.78 is 14.6. The second kappa shape index (κ2) is 6.31. The number of likely N-dealkylation sites (N-methyl/N-ethyl adjacent to an activating group) is 1. The zero-order valence-electron chi connectivity index (χ0n) is 12.8. The van der Waals surface area contributed by atoms with Crippen LogP contribution in [0.15, 0.2) is 10.5 Å². The number of fused-ring (bicyclic) bond motifs is 1. The normalized spacial score (nSPS) is 16.7. The van der Waals surface area contributed by atoms with Crippen LogP contribution in [0.1, 0.15) is 19.3 Å². The lowest BCUT2D eigenvalue weighted by atomic mass is 9.75. The van der Waals surface area contributed by atoms with Gasteiger partial charge in [-0.15, -0.1) is 0 Å². The molecule has 0 saturated heterocycles. The maximum absolute atomic E-state index is 14.4. The van der Waals surface area contributed by atoms with E-state index in [1.807, 2.05) is 0 Å². The summed E-state index contributed by atoms with van der Waals surface area (Å²) in [6, 6.07) is 1.64. The van der Waals surface area contributed by atoms with E-state index in [-0.39, 0.29) is 25.8 Å². The quantitative estimate of drug-likeness (QED) is 0.572. The molecule has 0 radical (unpaired) electrons. The number of nitrogens with one attached hydrogen (secondary N) is 1. The van der Waals surface area contributed by atoms with Gasteiger partial charge >= 0.3 is 0 Å². The molecule has 0 unspecified atom stereocenters. The third kappa shape index (κ3) is 3.02. The maximum Gasteiger partial charge on any atom is 0.225 e. The first-order valence-corrected chi connectivity index (χ1v) is 8.81. The maximum atomic E-state index is 14.4. The van der Waals surface area contributed by atoms with Crippen molar-refractivity contribution in [1.82, 2.24) is 14.9 Å². The molecular weight excluding hydrogens is 406 g/mol. The van der Waals surface area contributed by atoms with E-state index in [1.54, 1.807) is 6.07 Å². The summed E-state index contributed by atoms with van der Waals surface area (Å²) in [5, 5.41) is 4.10. The molecule has 2 aromatic rings. The summed E-state index contributed by atoms with van der Waals surface area (Å²) in [4.78, 5) is 10.4. The molecule has 1 saturated carbocycles. The minimum Gasteiger partial charge on any atom is -0.368 e. The highest BCUT2D eigenvalue weighted by Gasteiger charge is 2.39. The lowest BCUT2D eigenvalue weighted by molar-refractivity contribution is 0.0738. The van der Waals surface area contributed by atoms with E-state index in [0.717, 1.165) is 12.8 Å². The lowest BCUT2D eigenvalue weighted by Crippen LogP contribution is -2.54. The van der Waals surface area contributed by atoms with E-state index in [0.29, 0.717) is 17.7 Å². The Kier molecular flexibility index (Phi) is 4.71. The minimum atomic E-state index is -0.536. The Morgan fingerprint density at radius 2 is 2.04 bits per heavy atom. The van der Waals surface area contributed by atoms with Crippen LogP contribution in [0.3, 0.4) is 0 Å². The van der Waals surface area contributed by atoms with Crippen LogP contribution in [0, 0.1) is 5.82 Å². The Balaban J connectivity index is 2.00.